The zero-order chi connectivity index (χ0) is 13.9. The van der Waals surface area contributed by atoms with Gasteiger partial charge < -0.3 is 10.4 Å². The molecule has 0 aliphatic carbocycles. The van der Waals surface area contributed by atoms with Crippen molar-refractivity contribution in [3.05, 3.63) is 58.7 Å². The van der Waals surface area contributed by atoms with Gasteiger partial charge in [0.25, 0.3) is 0 Å². The number of halogens is 1. The van der Waals surface area contributed by atoms with E-state index in [1.54, 1.807) is 12.3 Å². The molecule has 0 aliphatic heterocycles. The zero-order valence-electron chi connectivity index (χ0n) is 10.7. The summed E-state index contributed by atoms with van der Waals surface area (Å²) < 4.78 is 0. The van der Waals surface area contributed by atoms with E-state index in [-0.39, 0.29) is 6.61 Å². The number of aliphatic hydroxyl groups excluding tert-OH is 1. The number of anilines is 1. The Morgan fingerprint density at radius 1 is 1.25 bits per heavy atom. The second kappa shape index (κ2) is 5.53. The Labute approximate surface area is 121 Å². The van der Waals surface area contributed by atoms with Crippen LogP contribution in [-0.4, -0.2) is 15.3 Å². The van der Waals surface area contributed by atoms with E-state index in [4.69, 9.17) is 16.7 Å². The van der Waals surface area contributed by atoms with Crippen molar-refractivity contribution < 1.29 is 5.11 Å². The first-order valence-electron chi connectivity index (χ1n) is 6.32. The third kappa shape index (κ3) is 2.48. The topological polar surface area (TPSA) is 60.9 Å². The summed E-state index contributed by atoms with van der Waals surface area (Å²) in [6.07, 6.45) is 1.80. The molecule has 5 heteroatoms. The molecule has 2 aromatic carbocycles. The van der Waals surface area contributed by atoms with Crippen LogP contribution in [0.3, 0.4) is 0 Å². The molecule has 0 radical (unpaired) electrons. The molecule has 3 aromatic rings. The third-order valence-electron chi connectivity index (χ3n) is 3.25. The van der Waals surface area contributed by atoms with Gasteiger partial charge in [-0.25, -0.2) is 0 Å². The van der Waals surface area contributed by atoms with E-state index in [2.05, 4.69) is 15.5 Å². The Kier molecular flexibility index (Phi) is 3.58. The molecule has 3 rings (SSSR count). The van der Waals surface area contributed by atoms with Crippen LogP contribution >= 0.6 is 11.6 Å². The van der Waals surface area contributed by atoms with Gasteiger partial charge in [-0.05, 0) is 23.3 Å². The Morgan fingerprint density at radius 3 is 3.00 bits per heavy atom. The quantitative estimate of drug-likeness (QED) is 0.690. The van der Waals surface area contributed by atoms with E-state index >= 15 is 0 Å². The largest absolute Gasteiger partial charge is 0.392 e. The summed E-state index contributed by atoms with van der Waals surface area (Å²) in [4.78, 5) is 0. The van der Waals surface area contributed by atoms with Gasteiger partial charge in [0.05, 0.1) is 29.0 Å². The number of aromatic amines is 1. The van der Waals surface area contributed by atoms with Gasteiger partial charge >= 0.3 is 0 Å². The first-order chi connectivity index (χ1) is 9.78. The third-order valence-corrected chi connectivity index (χ3v) is 3.58. The van der Waals surface area contributed by atoms with Gasteiger partial charge in [-0.3, -0.25) is 5.10 Å². The van der Waals surface area contributed by atoms with Crippen LogP contribution in [0.1, 0.15) is 11.1 Å². The van der Waals surface area contributed by atoms with E-state index in [1.165, 1.54) is 0 Å². The molecular formula is C15H14ClN3O. The first-order valence-corrected chi connectivity index (χ1v) is 6.70. The summed E-state index contributed by atoms with van der Waals surface area (Å²) in [7, 11) is 0. The summed E-state index contributed by atoms with van der Waals surface area (Å²) in [6.45, 7) is 0.635. The van der Waals surface area contributed by atoms with Crippen molar-refractivity contribution >= 4 is 28.2 Å². The Balaban J connectivity index is 1.84. The zero-order valence-corrected chi connectivity index (χ0v) is 11.5. The molecule has 0 saturated heterocycles. The van der Waals surface area contributed by atoms with E-state index in [0.29, 0.717) is 11.6 Å². The average Bonchev–Trinajstić information content (AvgIpc) is 2.95. The van der Waals surface area contributed by atoms with Crippen LogP contribution in [0.25, 0.3) is 10.9 Å². The number of fused-ring (bicyclic) bond motifs is 1. The molecule has 4 nitrogen and oxygen atoms in total. The minimum absolute atomic E-state index is 0.00196. The molecule has 20 heavy (non-hydrogen) atoms. The minimum atomic E-state index is 0.00196. The number of para-hydroxylation sites is 1. The lowest BCUT2D eigenvalue weighted by molar-refractivity contribution is 0.282. The van der Waals surface area contributed by atoms with Crippen LogP contribution in [0.4, 0.5) is 5.69 Å². The van der Waals surface area contributed by atoms with Crippen LogP contribution in [-0.2, 0) is 13.2 Å². The highest BCUT2D eigenvalue weighted by molar-refractivity contribution is 6.33. The smallest absolute Gasteiger partial charge is 0.0700 e. The summed E-state index contributed by atoms with van der Waals surface area (Å²) in [6, 6.07) is 11.5. The second-order valence-corrected chi connectivity index (χ2v) is 4.98. The molecule has 3 N–H and O–H groups in total. The van der Waals surface area contributed by atoms with E-state index < -0.39 is 0 Å². The maximum Gasteiger partial charge on any atom is 0.0700 e. The molecule has 0 amide bonds. The van der Waals surface area contributed by atoms with E-state index in [9.17, 15) is 0 Å². The summed E-state index contributed by atoms with van der Waals surface area (Å²) in [5.74, 6) is 0. The van der Waals surface area contributed by atoms with Gasteiger partial charge in [0, 0.05) is 11.9 Å². The predicted molar refractivity (Wildman–Crippen MR) is 80.8 cm³/mol. The monoisotopic (exact) mass is 287 g/mol. The maximum atomic E-state index is 9.17. The molecule has 0 bridgehead atoms. The average molecular weight is 288 g/mol. The minimum Gasteiger partial charge on any atom is -0.392 e. The van der Waals surface area contributed by atoms with Crippen molar-refractivity contribution in [1.29, 1.82) is 0 Å². The normalized spacial score (nSPS) is 10.9. The lowest BCUT2D eigenvalue weighted by Crippen LogP contribution is -2.01. The molecular weight excluding hydrogens is 274 g/mol. The van der Waals surface area contributed by atoms with Crippen molar-refractivity contribution in [1.82, 2.24) is 10.2 Å². The van der Waals surface area contributed by atoms with Gasteiger partial charge in [-0.2, -0.15) is 5.10 Å². The van der Waals surface area contributed by atoms with Crippen molar-refractivity contribution in [3.8, 4) is 0 Å². The Bertz CT molecular complexity index is 739. The number of nitrogens with one attached hydrogen (secondary N) is 2. The van der Waals surface area contributed by atoms with E-state index in [1.807, 2.05) is 30.3 Å². The van der Waals surface area contributed by atoms with Gasteiger partial charge in [0.1, 0.15) is 0 Å². The molecule has 1 aromatic heterocycles. The summed E-state index contributed by atoms with van der Waals surface area (Å²) in [5, 5.41) is 21.2. The standard InChI is InChI=1S/C15H14ClN3O/c16-13-5-4-10(9-20)6-14(13)17-7-11-2-1-3-12-8-18-19-15(11)12/h1-6,8,17,20H,7,9H2,(H,18,19). The first kappa shape index (κ1) is 13.0. The molecule has 1 heterocycles. The summed E-state index contributed by atoms with van der Waals surface area (Å²) in [5.41, 5.74) is 3.78. The number of aliphatic hydroxyl groups is 1. The number of benzene rings is 2. The van der Waals surface area contributed by atoms with Crippen molar-refractivity contribution in [2.75, 3.05) is 5.32 Å². The van der Waals surface area contributed by atoms with Gasteiger partial charge in [0.2, 0.25) is 0 Å². The highest BCUT2D eigenvalue weighted by atomic mass is 35.5. The SMILES string of the molecule is OCc1ccc(Cl)c(NCc2cccc3cn[nH]c23)c1. The van der Waals surface area contributed by atoms with Gasteiger partial charge in [-0.15, -0.1) is 0 Å². The van der Waals surface area contributed by atoms with Gasteiger partial charge in [-0.1, -0.05) is 35.9 Å². The van der Waals surface area contributed by atoms with Gasteiger partial charge in [0.15, 0.2) is 0 Å². The molecule has 0 spiro atoms. The van der Waals surface area contributed by atoms with Crippen LogP contribution in [0.2, 0.25) is 5.02 Å². The molecule has 0 unspecified atom stereocenters. The highest BCUT2D eigenvalue weighted by Crippen LogP contribution is 2.24. The molecule has 0 aliphatic rings. The van der Waals surface area contributed by atoms with Crippen molar-refractivity contribution in [2.24, 2.45) is 0 Å². The number of nitrogens with zero attached hydrogens (tertiary/aromatic N) is 1. The Hall–Kier alpha value is -2.04. The van der Waals surface area contributed by atoms with Crippen molar-refractivity contribution in [3.63, 3.8) is 0 Å². The number of rotatable bonds is 4. The van der Waals surface area contributed by atoms with Crippen LogP contribution in [0.5, 0.6) is 0 Å². The maximum absolute atomic E-state index is 9.17. The predicted octanol–water partition coefficient (Wildman–Crippen LogP) is 3.32. The van der Waals surface area contributed by atoms with Crippen molar-refractivity contribution in [2.45, 2.75) is 13.2 Å². The molecule has 0 atom stereocenters. The number of hydrogen-bond donors (Lipinski definition) is 3. The summed E-state index contributed by atoms with van der Waals surface area (Å²) >= 11 is 6.15. The Morgan fingerprint density at radius 2 is 2.15 bits per heavy atom. The molecule has 0 fully saturated rings. The fraction of sp³-hybridized carbons (Fsp3) is 0.133. The van der Waals surface area contributed by atoms with Crippen LogP contribution in [0.15, 0.2) is 42.6 Å². The number of aromatic nitrogens is 2. The lowest BCUT2D eigenvalue weighted by Gasteiger charge is -2.10. The second-order valence-electron chi connectivity index (χ2n) is 4.58. The van der Waals surface area contributed by atoms with Crippen LogP contribution in [0, 0.1) is 0 Å². The lowest BCUT2D eigenvalue weighted by atomic mass is 10.1. The molecule has 0 saturated carbocycles. The van der Waals surface area contributed by atoms with Crippen LogP contribution < -0.4 is 5.32 Å². The van der Waals surface area contributed by atoms with E-state index in [0.717, 1.165) is 27.7 Å². The molecule has 102 valence electrons. The number of H-pyrrole nitrogens is 1. The fourth-order valence-corrected chi connectivity index (χ4v) is 2.36. The fourth-order valence-electron chi connectivity index (χ4n) is 2.17. The highest BCUT2D eigenvalue weighted by Gasteiger charge is 2.05. The number of hydrogen-bond acceptors (Lipinski definition) is 3.